The van der Waals surface area contributed by atoms with Gasteiger partial charge in [-0.1, -0.05) is 26.7 Å². The number of nitriles is 2. The third-order valence-corrected chi connectivity index (χ3v) is 2.60. The van der Waals surface area contributed by atoms with E-state index in [1.165, 1.54) is 0 Å². The number of halogens is 4. The molecule has 0 heterocycles. The highest BCUT2D eigenvalue weighted by Gasteiger charge is 2.42. The maximum absolute atomic E-state index is 13.3. The van der Waals surface area contributed by atoms with Gasteiger partial charge in [-0.3, -0.25) is 0 Å². The maximum Gasteiger partial charge on any atom is 0.355 e. The fraction of sp³-hybridized carbons (Fsp3) is 0.833. The summed E-state index contributed by atoms with van der Waals surface area (Å²) in [5.74, 6) is -7.53. The zero-order valence-corrected chi connectivity index (χ0v) is 11.3. The molecule has 0 radical (unpaired) electrons. The summed E-state index contributed by atoms with van der Waals surface area (Å²) in [5.41, 5.74) is 0. The Labute approximate surface area is 115 Å². The van der Waals surface area contributed by atoms with E-state index in [-0.39, 0.29) is 12.8 Å². The first-order chi connectivity index (χ1) is 9.25. The predicted octanol–water partition coefficient (Wildman–Crippen LogP) is 4.09. The summed E-state index contributed by atoms with van der Waals surface area (Å²) in [6.45, 7) is 3.20. The monoisotopic (exact) mass is 292 g/mol. The Kier molecular flexibility index (Phi) is 7.12. The van der Waals surface area contributed by atoms with Gasteiger partial charge in [0.25, 0.3) is 0 Å². The molecule has 0 aliphatic heterocycles. The van der Waals surface area contributed by atoms with Crippen LogP contribution in [-0.4, -0.2) is 23.9 Å². The first-order valence-corrected chi connectivity index (χ1v) is 6.23. The standard InChI is InChI=1S/C12H16F4N4/c1-3-5-9(11(13,14)7-17)19-20-10(6-4-2)12(15,16)8-18/h9-10H,3-6H2,1-2H3. The topological polar surface area (TPSA) is 72.3 Å². The first kappa shape index (κ1) is 18.3. The van der Waals surface area contributed by atoms with E-state index in [0.717, 1.165) is 12.1 Å². The molecule has 112 valence electrons. The van der Waals surface area contributed by atoms with Crippen molar-refractivity contribution in [2.24, 2.45) is 10.2 Å². The van der Waals surface area contributed by atoms with Gasteiger partial charge >= 0.3 is 11.8 Å². The molecule has 2 unspecified atom stereocenters. The number of nitrogens with zero attached hydrogens (tertiary/aromatic N) is 4. The Morgan fingerprint density at radius 1 is 0.850 bits per heavy atom. The highest BCUT2D eigenvalue weighted by Crippen LogP contribution is 2.28. The van der Waals surface area contributed by atoms with Crippen LogP contribution in [0.5, 0.6) is 0 Å². The van der Waals surface area contributed by atoms with Crippen LogP contribution in [0.15, 0.2) is 10.2 Å². The van der Waals surface area contributed by atoms with Crippen LogP contribution >= 0.6 is 0 Å². The lowest BCUT2D eigenvalue weighted by Gasteiger charge is -2.19. The van der Waals surface area contributed by atoms with Crippen LogP contribution in [0.4, 0.5) is 17.6 Å². The summed E-state index contributed by atoms with van der Waals surface area (Å²) in [4.78, 5) is 0. The van der Waals surface area contributed by atoms with Gasteiger partial charge in [0, 0.05) is 0 Å². The molecular weight excluding hydrogens is 276 g/mol. The zero-order valence-electron chi connectivity index (χ0n) is 11.3. The third-order valence-electron chi connectivity index (χ3n) is 2.60. The largest absolute Gasteiger partial charge is 0.355 e. The molecule has 0 rings (SSSR count). The lowest BCUT2D eigenvalue weighted by atomic mass is 10.1. The van der Waals surface area contributed by atoms with Crippen molar-refractivity contribution in [1.29, 1.82) is 10.5 Å². The van der Waals surface area contributed by atoms with Crippen LogP contribution in [0.2, 0.25) is 0 Å². The number of alkyl halides is 4. The predicted molar refractivity (Wildman–Crippen MR) is 63.4 cm³/mol. The fourth-order valence-corrected chi connectivity index (χ4v) is 1.48. The number of rotatable bonds is 8. The van der Waals surface area contributed by atoms with Crippen molar-refractivity contribution < 1.29 is 17.6 Å². The molecule has 0 spiro atoms. The summed E-state index contributed by atoms with van der Waals surface area (Å²) in [5, 5.41) is 23.1. The van der Waals surface area contributed by atoms with Gasteiger partial charge in [0.1, 0.15) is 24.2 Å². The van der Waals surface area contributed by atoms with Gasteiger partial charge in [-0.05, 0) is 12.8 Å². The van der Waals surface area contributed by atoms with E-state index >= 15 is 0 Å². The molecule has 0 aliphatic carbocycles. The quantitative estimate of drug-likeness (QED) is 0.499. The molecule has 0 bridgehead atoms. The maximum atomic E-state index is 13.3. The van der Waals surface area contributed by atoms with E-state index in [4.69, 9.17) is 10.5 Å². The Hall–Kier alpha value is -1.70. The first-order valence-electron chi connectivity index (χ1n) is 6.23. The molecule has 0 saturated carbocycles. The Morgan fingerprint density at radius 2 is 1.15 bits per heavy atom. The molecule has 0 N–H and O–H groups in total. The number of azo groups is 1. The lowest BCUT2D eigenvalue weighted by Crippen LogP contribution is -2.33. The minimum absolute atomic E-state index is 0.152. The number of hydrogen-bond donors (Lipinski definition) is 0. The molecule has 0 aromatic heterocycles. The normalized spacial score (nSPS) is 15.6. The van der Waals surface area contributed by atoms with E-state index in [2.05, 4.69) is 10.2 Å². The van der Waals surface area contributed by atoms with Crippen LogP contribution in [0.25, 0.3) is 0 Å². The molecule has 0 amide bonds. The second kappa shape index (κ2) is 7.78. The van der Waals surface area contributed by atoms with Crippen molar-refractivity contribution >= 4 is 0 Å². The van der Waals surface area contributed by atoms with Gasteiger partial charge in [0.05, 0.1) is 0 Å². The highest BCUT2D eigenvalue weighted by molar-refractivity contribution is 5.02. The molecule has 20 heavy (non-hydrogen) atoms. The summed E-state index contributed by atoms with van der Waals surface area (Å²) in [6.07, 6.45) is 0.296. The summed E-state index contributed by atoms with van der Waals surface area (Å²) in [7, 11) is 0. The van der Waals surface area contributed by atoms with Crippen molar-refractivity contribution in [2.75, 3.05) is 0 Å². The minimum atomic E-state index is -3.77. The van der Waals surface area contributed by atoms with Crippen LogP contribution in [0.3, 0.4) is 0 Å². The molecule has 2 atom stereocenters. The van der Waals surface area contributed by atoms with E-state index < -0.39 is 23.9 Å². The second-order valence-electron chi connectivity index (χ2n) is 4.31. The van der Waals surface area contributed by atoms with Gasteiger partial charge in [-0.15, -0.1) is 0 Å². The Morgan fingerprint density at radius 3 is 1.35 bits per heavy atom. The van der Waals surface area contributed by atoms with E-state index in [1.54, 1.807) is 13.8 Å². The van der Waals surface area contributed by atoms with E-state index in [1.807, 2.05) is 0 Å². The SMILES string of the molecule is CCCC(N=NC(CCC)C(F)(F)C#N)C(F)(F)C#N. The molecule has 0 aromatic rings. The van der Waals surface area contributed by atoms with Crippen LogP contribution < -0.4 is 0 Å². The third kappa shape index (κ3) is 5.12. The highest BCUT2D eigenvalue weighted by atomic mass is 19.3. The Balaban J connectivity index is 5.18. The van der Waals surface area contributed by atoms with Gasteiger partial charge in [-0.25, -0.2) is 0 Å². The molecule has 0 aliphatic rings. The lowest BCUT2D eigenvalue weighted by molar-refractivity contribution is 0.0164. The smallest absolute Gasteiger partial charge is 0.192 e. The second-order valence-corrected chi connectivity index (χ2v) is 4.31. The van der Waals surface area contributed by atoms with E-state index in [0.29, 0.717) is 12.8 Å². The van der Waals surface area contributed by atoms with Crippen molar-refractivity contribution in [1.82, 2.24) is 0 Å². The van der Waals surface area contributed by atoms with E-state index in [9.17, 15) is 17.6 Å². The van der Waals surface area contributed by atoms with Crippen molar-refractivity contribution in [3.63, 3.8) is 0 Å². The van der Waals surface area contributed by atoms with Crippen LogP contribution in [0.1, 0.15) is 39.5 Å². The van der Waals surface area contributed by atoms with Crippen LogP contribution in [0, 0.1) is 22.7 Å². The van der Waals surface area contributed by atoms with Gasteiger partial charge in [-0.2, -0.15) is 38.3 Å². The summed E-state index contributed by atoms with van der Waals surface area (Å²) in [6, 6.07) is -1.95. The van der Waals surface area contributed by atoms with Crippen molar-refractivity contribution in [3.05, 3.63) is 0 Å². The minimum Gasteiger partial charge on any atom is -0.192 e. The molecule has 4 nitrogen and oxygen atoms in total. The van der Waals surface area contributed by atoms with Gasteiger partial charge in [0.2, 0.25) is 0 Å². The number of hydrogen-bond acceptors (Lipinski definition) is 4. The summed E-state index contributed by atoms with van der Waals surface area (Å²) < 4.78 is 53.0. The van der Waals surface area contributed by atoms with Crippen molar-refractivity contribution in [2.45, 2.75) is 63.5 Å². The van der Waals surface area contributed by atoms with Crippen LogP contribution in [-0.2, 0) is 0 Å². The Bertz CT molecular complexity index is 371. The molecule has 0 aromatic carbocycles. The van der Waals surface area contributed by atoms with Gasteiger partial charge < -0.3 is 0 Å². The molecule has 0 fully saturated rings. The molecule has 0 saturated heterocycles. The fourth-order valence-electron chi connectivity index (χ4n) is 1.48. The van der Waals surface area contributed by atoms with Gasteiger partial charge in [0.15, 0.2) is 0 Å². The molecule has 8 heteroatoms. The summed E-state index contributed by atoms with van der Waals surface area (Å²) >= 11 is 0. The molecular formula is C12H16F4N4. The average Bonchev–Trinajstić information content (AvgIpc) is 2.41. The zero-order chi connectivity index (χ0) is 15.8. The van der Waals surface area contributed by atoms with Crippen molar-refractivity contribution in [3.8, 4) is 12.1 Å². The average molecular weight is 292 g/mol.